The zero-order valence-electron chi connectivity index (χ0n) is 9.66. The molecule has 0 aliphatic carbocycles. The highest BCUT2D eigenvalue weighted by Crippen LogP contribution is 2.29. The third-order valence-electron chi connectivity index (χ3n) is 2.86. The molecule has 0 saturated heterocycles. The molecule has 0 radical (unpaired) electrons. The molecule has 16 heavy (non-hydrogen) atoms. The topological polar surface area (TPSA) is 37.3 Å². The van der Waals surface area contributed by atoms with E-state index in [1.54, 1.807) is 25.1 Å². The Balaban J connectivity index is 2.92. The molecular formula is C13H17FO2. The molecule has 1 aromatic rings. The van der Waals surface area contributed by atoms with Gasteiger partial charge in [-0.3, -0.25) is 4.79 Å². The number of carbonyl (C=O) groups is 1. The predicted octanol–water partition coefficient (Wildman–Crippen LogP) is 3.26. The molecule has 1 atom stereocenters. The highest BCUT2D eigenvalue weighted by atomic mass is 19.1. The van der Waals surface area contributed by atoms with Crippen LogP contribution >= 0.6 is 0 Å². The first-order valence-electron chi connectivity index (χ1n) is 5.46. The van der Waals surface area contributed by atoms with Gasteiger partial charge in [0, 0.05) is 0 Å². The van der Waals surface area contributed by atoms with Gasteiger partial charge in [0.05, 0.1) is 5.41 Å². The summed E-state index contributed by atoms with van der Waals surface area (Å²) < 4.78 is 13.4. The summed E-state index contributed by atoms with van der Waals surface area (Å²) >= 11 is 0. The average molecular weight is 224 g/mol. The quantitative estimate of drug-likeness (QED) is 0.833. The van der Waals surface area contributed by atoms with Crippen LogP contribution in [0.1, 0.15) is 32.3 Å². The fourth-order valence-corrected chi connectivity index (χ4v) is 1.88. The van der Waals surface area contributed by atoms with Crippen molar-refractivity contribution in [2.24, 2.45) is 5.41 Å². The predicted molar refractivity (Wildman–Crippen MR) is 60.8 cm³/mol. The summed E-state index contributed by atoms with van der Waals surface area (Å²) in [5, 5.41) is 9.19. The Labute approximate surface area is 95.1 Å². The average Bonchev–Trinajstić information content (AvgIpc) is 2.21. The summed E-state index contributed by atoms with van der Waals surface area (Å²) in [5.74, 6) is -1.19. The first-order chi connectivity index (χ1) is 7.49. The molecule has 0 amide bonds. The van der Waals surface area contributed by atoms with Crippen LogP contribution in [0.4, 0.5) is 4.39 Å². The van der Waals surface area contributed by atoms with E-state index >= 15 is 0 Å². The van der Waals surface area contributed by atoms with Crippen molar-refractivity contribution in [2.75, 3.05) is 0 Å². The monoisotopic (exact) mass is 224 g/mol. The lowest BCUT2D eigenvalue weighted by Gasteiger charge is -2.24. The first kappa shape index (κ1) is 12.7. The van der Waals surface area contributed by atoms with Gasteiger partial charge in [-0.25, -0.2) is 4.39 Å². The number of halogens is 1. The van der Waals surface area contributed by atoms with Crippen molar-refractivity contribution < 1.29 is 14.3 Å². The molecular weight excluding hydrogens is 207 g/mol. The number of carboxylic acid groups (broad SMARTS) is 1. The number of benzene rings is 1. The maximum absolute atomic E-state index is 13.4. The summed E-state index contributed by atoms with van der Waals surface area (Å²) in [7, 11) is 0. The van der Waals surface area contributed by atoms with Gasteiger partial charge in [-0.15, -0.1) is 0 Å². The Morgan fingerprint density at radius 2 is 2.06 bits per heavy atom. The van der Waals surface area contributed by atoms with Crippen molar-refractivity contribution in [3.8, 4) is 0 Å². The number of rotatable bonds is 5. The van der Waals surface area contributed by atoms with Crippen molar-refractivity contribution in [3.63, 3.8) is 0 Å². The molecule has 0 aliphatic heterocycles. The van der Waals surface area contributed by atoms with Crippen LogP contribution in [-0.2, 0) is 11.2 Å². The summed E-state index contributed by atoms with van der Waals surface area (Å²) in [6.07, 6.45) is 1.57. The van der Waals surface area contributed by atoms with Crippen LogP contribution in [0.25, 0.3) is 0 Å². The first-order valence-corrected chi connectivity index (χ1v) is 5.46. The molecule has 0 spiro atoms. The molecule has 0 saturated carbocycles. The standard InChI is InChI=1S/C13H17FO2/c1-3-8-13(2,12(15)16)9-10-6-4-5-7-11(10)14/h4-7H,3,8-9H2,1-2H3,(H,15,16). The van der Waals surface area contributed by atoms with Crippen LogP contribution in [-0.4, -0.2) is 11.1 Å². The second kappa shape index (κ2) is 5.10. The van der Waals surface area contributed by atoms with Gasteiger partial charge in [-0.1, -0.05) is 31.5 Å². The van der Waals surface area contributed by atoms with Gasteiger partial charge in [0.15, 0.2) is 0 Å². The Morgan fingerprint density at radius 3 is 2.56 bits per heavy atom. The second-order valence-electron chi connectivity index (χ2n) is 4.38. The van der Waals surface area contributed by atoms with Gasteiger partial charge < -0.3 is 5.11 Å². The number of carboxylic acids is 1. The molecule has 1 unspecified atom stereocenters. The van der Waals surface area contributed by atoms with E-state index in [4.69, 9.17) is 0 Å². The lowest BCUT2D eigenvalue weighted by molar-refractivity contribution is -0.148. The Bertz CT molecular complexity index is 376. The molecule has 2 nitrogen and oxygen atoms in total. The van der Waals surface area contributed by atoms with E-state index < -0.39 is 11.4 Å². The van der Waals surface area contributed by atoms with E-state index in [2.05, 4.69) is 0 Å². The van der Waals surface area contributed by atoms with Crippen LogP contribution in [0, 0.1) is 11.2 Å². The van der Waals surface area contributed by atoms with Crippen LogP contribution in [0.15, 0.2) is 24.3 Å². The SMILES string of the molecule is CCCC(C)(Cc1ccccc1F)C(=O)O. The molecule has 0 aliphatic rings. The molecule has 1 N–H and O–H groups in total. The van der Waals surface area contributed by atoms with Crippen LogP contribution < -0.4 is 0 Å². The smallest absolute Gasteiger partial charge is 0.309 e. The van der Waals surface area contributed by atoms with E-state index in [9.17, 15) is 14.3 Å². The molecule has 0 bridgehead atoms. The Hall–Kier alpha value is -1.38. The third kappa shape index (κ3) is 2.81. The van der Waals surface area contributed by atoms with Crippen LogP contribution in [0.5, 0.6) is 0 Å². The fourth-order valence-electron chi connectivity index (χ4n) is 1.88. The molecule has 88 valence electrons. The van der Waals surface area contributed by atoms with Gasteiger partial charge in [-0.05, 0) is 31.4 Å². The van der Waals surface area contributed by atoms with E-state index in [0.717, 1.165) is 6.42 Å². The second-order valence-corrected chi connectivity index (χ2v) is 4.38. The number of aliphatic carboxylic acids is 1. The summed E-state index contributed by atoms with van der Waals surface area (Å²) in [4.78, 5) is 11.2. The molecule has 0 heterocycles. The van der Waals surface area contributed by atoms with Gasteiger partial charge in [0.25, 0.3) is 0 Å². The van der Waals surface area contributed by atoms with Gasteiger partial charge in [0.1, 0.15) is 5.82 Å². The summed E-state index contributed by atoms with van der Waals surface area (Å²) in [5.41, 5.74) is -0.405. The van der Waals surface area contributed by atoms with Crippen LogP contribution in [0.3, 0.4) is 0 Å². The van der Waals surface area contributed by atoms with E-state index in [0.29, 0.717) is 12.0 Å². The summed E-state index contributed by atoms with van der Waals surface area (Å²) in [6, 6.07) is 6.35. The Kier molecular flexibility index (Phi) is 4.05. The minimum atomic E-state index is -0.878. The number of hydrogen-bond donors (Lipinski definition) is 1. The van der Waals surface area contributed by atoms with Gasteiger partial charge >= 0.3 is 5.97 Å². The maximum Gasteiger partial charge on any atom is 0.309 e. The highest BCUT2D eigenvalue weighted by molar-refractivity contribution is 5.74. The molecule has 1 rings (SSSR count). The van der Waals surface area contributed by atoms with Gasteiger partial charge in [0.2, 0.25) is 0 Å². The fraction of sp³-hybridized carbons (Fsp3) is 0.462. The highest BCUT2D eigenvalue weighted by Gasteiger charge is 2.32. The molecule has 0 aromatic heterocycles. The summed E-state index contributed by atoms with van der Waals surface area (Å²) in [6.45, 7) is 3.60. The number of hydrogen-bond acceptors (Lipinski definition) is 1. The molecule has 1 aromatic carbocycles. The zero-order chi connectivity index (χ0) is 12.2. The van der Waals surface area contributed by atoms with Crippen molar-refractivity contribution in [1.29, 1.82) is 0 Å². The van der Waals surface area contributed by atoms with Crippen LogP contribution in [0.2, 0.25) is 0 Å². The third-order valence-corrected chi connectivity index (χ3v) is 2.86. The van der Waals surface area contributed by atoms with Gasteiger partial charge in [-0.2, -0.15) is 0 Å². The maximum atomic E-state index is 13.4. The van der Waals surface area contributed by atoms with E-state index in [1.165, 1.54) is 6.07 Å². The van der Waals surface area contributed by atoms with Crippen molar-refractivity contribution in [3.05, 3.63) is 35.6 Å². The Morgan fingerprint density at radius 1 is 1.44 bits per heavy atom. The lowest BCUT2D eigenvalue weighted by Crippen LogP contribution is -2.30. The van der Waals surface area contributed by atoms with Crippen molar-refractivity contribution in [2.45, 2.75) is 33.1 Å². The van der Waals surface area contributed by atoms with Crippen molar-refractivity contribution in [1.82, 2.24) is 0 Å². The minimum Gasteiger partial charge on any atom is -0.481 e. The zero-order valence-corrected chi connectivity index (χ0v) is 9.66. The molecule has 3 heteroatoms. The van der Waals surface area contributed by atoms with Crippen molar-refractivity contribution >= 4 is 5.97 Å². The largest absolute Gasteiger partial charge is 0.481 e. The lowest BCUT2D eigenvalue weighted by atomic mass is 9.80. The van der Waals surface area contributed by atoms with E-state index in [-0.39, 0.29) is 12.2 Å². The normalized spacial score (nSPS) is 14.4. The van der Waals surface area contributed by atoms with E-state index in [1.807, 2.05) is 6.92 Å². The minimum absolute atomic E-state index is 0.239. The molecule has 0 fully saturated rings.